The van der Waals surface area contributed by atoms with E-state index in [1.165, 1.54) is 9.56 Å². The van der Waals surface area contributed by atoms with Crippen LogP contribution >= 0.6 is 27.3 Å². The summed E-state index contributed by atoms with van der Waals surface area (Å²) in [4.78, 5) is 17.7. The SMILES string of the molecule is C#CCn1ncc(NC(C)c2ncc(CC)s2)c(Br)c1=O. The van der Waals surface area contributed by atoms with Crippen molar-refractivity contribution < 1.29 is 0 Å². The first kappa shape index (κ1) is 15.7. The van der Waals surface area contributed by atoms with Crippen molar-refractivity contribution in [1.82, 2.24) is 14.8 Å². The van der Waals surface area contributed by atoms with Crippen molar-refractivity contribution in [2.24, 2.45) is 0 Å². The Morgan fingerprint density at radius 1 is 1.57 bits per heavy atom. The summed E-state index contributed by atoms with van der Waals surface area (Å²) >= 11 is 4.96. The fourth-order valence-corrected chi connectivity index (χ4v) is 3.03. The van der Waals surface area contributed by atoms with E-state index in [1.807, 2.05) is 13.1 Å². The number of hydrogen-bond acceptors (Lipinski definition) is 5. The first-order chi connectivity index (χ1) is 10.1. The number of aryl methyl sites for hydroxylation is 1. The highest BCUT2D eigenvalue weighted by Crippen LogP contribution is 2.26. The molecule has 5 nitrogen and oxygen atoms in total. The van der Waals surface area contributed by atoms with Crippen LogP contribution in [0.2, 0.25) is 0 Å². The summed E-state index contributed by atoms with van der Waals surface area (Å²) in [6.45, 7) is 4.25. The molecule has 0 saturated heterocycles. The zero-order chi connectivity index (χ0) is 15.4. The van der Waals surface area contributed by atoms with Crippen molar-refractivity contribution in [2.45, 2.75) is 32.9 Å². The standard InChI is InChI=1S/C14H15BrN4OS/c1-4-6-19-14(20)12(15)11(8-17-19)18-9(3)13-16-7-10(5-2)21-13/h1,7-9,18H,5-6H2,2-3H3. The average Bonchev–Trinajstić information content (AvgIpc) is 2.96. The molecule has 2 aromatic rings. The van der Waals surface area contributed by atoms with Gasteiger partial charge in [0.05, 0.1) is 17.9 Å². The van der Waals surface area contributed by atoms with Crippen LogP contribution in [0.1, 0.15) is 29.8 Å². The molecular weight excluding hydrogens is 352 g/mol. The lowest BCUT2D eigenvalue weighted by atomic mass is 10.3. The molecule has 7 heteroatoms. The van der Waals surface area contributed by atoms with Crippen LogP contribution < -0.4 is 10.9 Å². The predicted molar refractivity (Wildman–Crippen MR) is 88.6 cm³/mol. The van der Waals surface area contributed by atoms with Gasteiger partial charge >= 0.3 is 0 Å². The van der Waals surface area contributed by atoms with Crippen LogP contribution in [0.3, 0.4) is 0 Å². The fraction of sp³-hybridized carbons (Fsp3) is 0.357. The van der Waals surface area contributed by atoms with Crippen molar-refractivity contribution in [3.63, 3.8) is 0 Å². The van der Waals surface area contributed by atoms with E-state index in [1.54, 1.807) is 17.5 Å². The second-order valence-electron chi connectivity index (χ2n) is 4.42. The van der Waals surface area contributed by atoms with E-state index in [2.05, 4.69) is 44.2 Å². The third-order valence-electron chi connectivity index (χ3n) is 2.89. The van der Waals surface area contributed by atoms with Gasteiger partial charge in [0.25, 0.3) is 5.56 Å². The average molecular weight is 367 g/mol. The summed E-state index contributed by atoms with van der Waals surface area (Å²) in [7, 11) is 0. The Morgan fingerprint density at radius 2 is 2.33 bits per heavy atom. The quantitative estimate of drug-likeness (QED) is 0.826. The number of nitrogens with zero attached hydrogens (tertiary/aromatic N) is 3. The lowest BCUT2D eigenvalue weighted by Gasteiger charge is -2.14. The summed E-state index contributed by atoms with van der Waals surface area (Å²) in [5, 5.41) is 8.27. The van der Waals surface area contributed by atoms with Crippen LogP contribution in [0.4, 0.5) is 5.69 Å². The molecular formula is C14H15BrN4OS. The largest absolute Gasteiger partial charge is 0.374 e. The highest BCUT2D eigenvalue weighted by atomic mass is 79.9. The molecule has 0 aliphatic carbocycles. The van der Waals surface area contributed by atoms with Crippen molar-refractivity contribution in [3.8, 4) is 12.3 Å². The second kappa shape index (κ2) is 6.87. The maximum Gasteiger partial charge on any atom is 0.284 e. The molecule has 1 unspecified atom stereocenters. The van der Waals surface area contributed by atoms with E-state index in [9.17, 15) is 4.79 Å². The first-order valence-electron chi connectivity index (χ1n) is 6.47. The monoisotopic (exact) mass is 366 g/mol. The molecule has 110 valence electrons. The maximum absolute atomic E-state index is 12.1. The van der Waals surface area contributed by atoms with Gasteiger partial charge in [-0.2, -0.15) is 5.10 Å². The van der Waals surface area contributed by atoms with Crippen molar-refractivity contribution >= 4 is 33.0 Å². The number of halogens is 1. The van der Waals surface area contributed by atoms with Gasteiger partial charge in [0.15, 0.2) is 0 Å². The minimum atomic E-state index is -0.251. The van der Waals surface area contributed by atoms with Gasteiger partial charge in [-0.25, -0.2) is 9.67 Å². The minimum absolute atomic E-state index is 0.00344. The van der Waals surface area contributed by atoms with Gasteiger partial charge in [0.2, 0.25) is 0 Å². The zero-order valence-electron chi connectivity index (χ0n) is 11.8. The normalized spacial score (nSPS) is 11.9. The van der Waals surface area contributed by atoms with E-state index in [4.69, 9.17) is 6.42 Å². The molecule has 2 heterocycles. The summed E-state index contributed by atoms with van der Waals surface area (Å²) in [6, 6.07) is -0.00344. The molecule has 0 spiro atoms. The Bertz CT molecular complexity index is 731. The smallest absolute Gasteiger partial charge is 0.284 e. The number of nitrogens with one attached hydrogen (secondary N) is 1. The molecule has 0 radical (unpaired) electrons. The highest BCUT2D eigenvalue weighted by Gasteiger charge is 2.14. The van der Waals surface area contributed by atoms with Gasteiger partial charge in [0, 0.05) is 11.1 Å². The lowest BCUT2D eigenvalue weighted by Crippen LogP contribution is -2.24. The number of hydrogen-bond donors (Lipinski definition) is 1. The molecule has 1 atom stereocenters. The molecule has 0 saturated carbocycles. The van der Waals surface area contributed by atoms with Crippen LogP contribution in [-0.2, 0) is 13.0 Å². The van der Waals surface area contributed by atoms with Gasteiger partial charge < -0.3 is 5.32 Å². The molecule has 1 N–H and O–H groups in total. The molecule has 0 bridgehead atoms. The molecule has 21 heavy (non-hydrogen) atoms. The molecule has 0 aliphatic rings. The molecule has 0 aliphatic heterocycles. The number of thiazole rings is 1. The van der Waals surface area contributed by atoms with E-state index in [0.717, 1.165) is 11.4 Å². The summed E-state index contributed by atoms with van der Waals surface area (Å²) in [5.41, 5.74) is 0.382. The van der Waals surface area contributed by atoms with Gasteiger partial charge in [-0.3, -0.25) is 4.79 Å². The Morgan fingerprint density at radius 3 is 2.95 bits per heavy atom. The third kappa shape index (κ3) is 3.52. The minimum Gasteiger partial charge on any atom is -0.374 e. The van der Waals surface area contributed by atoms with E-state index < -0.39 is 0 Å². The van der Waals surface area contributed by atoms with Crippen molar-refractivity contribution in [1.29, 1.82) is 0 Å². The van der Waals surface area contributed by atoms with E-state index in [0.29, 0.717) is 10.2 Å². The van der Waals surface area contributed by atoms with Gasteiger partial charge in [0.1, 0.15) is 16.0 Å². The number of terminal acetylenes is 1. The van der Waals surface area contributed by atoms with E-state index >= 15 is 0 Å². The summed E-state index contributed by atoms with van der Waals surface area (Å²) in [5.74, 6) is 2.40. The van der Waals surface area contributed by atoms with Crippen LogP contribution in [0.25, 0.3) is 0 Å². The first-order valence-corrected chi connectivity index (χ1v) is 8.08. The third-order valence-corrected chi connectivity index (χ3v) is 4.98. The van der Waals surface area contributed by atoms with Crippen LogP contribution in [0, 0.1) is 12.3 Å². The number of aromatic nitrogens is 3. The maximum atomic E-state index is 12.1. The van der Waals surface area contributed by atoms with Crippen LogP contribution in [-0.4, -0.2) is 14.8 Å². The van der Waals surface area contributed by atoms with Gasteiger partial charge in [-0.05, 0) is 29.3 Å². The highest BCUT2D eigenvalue weighted by molar-refractivity contribution is 9.10. The molecule has 0 amide bonds. The number of anilines is 1. The van der Waals surface area contributed by atoms with Crippen molar-refractivity contribution in [3.05, 3.63) is 37.1 Å². The Hall–Kier alpha value is -1.65. The summed E-state index contributed by atoms with van der Waals surface area (Å²) < 4.78 is 1.66. The molecule has 2 rings (SSSR count). The lowest BCUT2D eigenvalue weighted by molar-refractivity contribution is 0.658. The molecule has 0 fully saturated rings. The Balaban J connectivity index is 2.21. The summed E-state index contributed by atoms with van der Waals surface area (Å²) in [6.07, 6.45) is 9.65. The number of rotatable bonds is 5. The van der Waals surface area contributed by atoms with Crippen LogP contribution in [0.5, 0.6) is 0 Å². The van der Waals surface area contributed by atoms with Gasteiger partial charge in [-0.15, -0.1) is 17.8 Å². The van der Waals surface area contributed by atoms with Gasteiger partial charge in [-0.1, -0.05) is 12.8 Å². The molecule has 0 aromatic carbocycles. The Kier molecular flexibility index (Phi) is 5.15. The second-order valence-corrected chi connectivity index (χ2v) is 6.36. The van der Waals surface area contributed by atoms with E-state index in [-0.39, 0.29) is 18.1 Å². The van der Waals surface area contributed by atoms with Crippen LogP contribution in [0.15, 0.2) is 21.7 Å². The fourth-order valence-electron chi connectivity index (χ4n) is 1.75. The topological polar surface area (TPSA) is 59.8 Å². The zero-order valence-corrected chi connectivity index (χ0v) is 14.2. The Labute approximate surface area is 135 Å². The predicted octanol–water partition coefficient (Wildman–Crippen LogP) is 2.83. The molecule has 2 aromatic heterocycles. The van der Waals surface area contributed by atoms with Crippen molar-refractivity contribution in [2.75, 3.05) is 5.32 Å².